The molecular formula is C31H37N5O3. The van der Waals surface area contributed by atoms with E-state index in [0.29, 0.717) is 23.1 Å². The molecule has 1 amide bonds. The number of nitrogens with two attached hydrogens (primary N) is 1. The summed E-state index contributed by atoms with van der Waals surface area (Å²) in [7, 11) is 3.65. The van der Waals surface area contributed by atoms with Crippen molar-refractivity contribution >= 4 is 27.8 Å². The van der Waals surface area contributed by atoms with Crippen LogP contribution < -0.4 is 10.5 Å². The zero-order valence-corrected chi connectivity index (χ0v) is 23.1. The van der Waals surface area contributed by atoms with Gasteiger partial charge in [-0.05, 0) is 81.2 Å². The minimum absolute atomic E-state index is 0.00653. The molecule has 39 heavy (non-hydrogen) atoms. The predicted molar refractivity (Wildman–Crippen MR) is 152 cm³/mol. The van der Waals surface area contributed by atoms with Gasteiger partial charge in [0.15, 0.2) is 5.82 Å². The fraction of sp³-hybridized carbons (Fsp3) is 0.484. The summed E-state index contributed by atoms with van der Waals surface area (Å²) in [5.74, 6) is 2.53. The van der Waals surface area contributed by atoms with Gasteiger partial charge in [0.25, 0.3) is 5.91 Å². The number of ether oxygens (including phenoxy) is 1. The largest absolute Gasteiger partial charge is 0.494 e. The molecule has 3 fully saturated rings. The van der Waals surface area contributed by atoms with Crippen molar-refractivity contribution < 1.29 is 14.6 Å². The Morgan fingerprint density at radius 1 is 1.15 bits per heavy atom. The van der Waals surface area contributed by atoms with E-state index in [-0.39, 0.29) is 18.0 Å². The lowest BCUT2D eigenvalue weighted by molar-refractivity contribution is 0.0700. The van der Waals surface area contributed by atoms with Crippen molar-refractivity contribution in [1.29, 1.82) is 0 Å². The number of fused-ring (bicyclic) bond motifs is 4. The van der Waals surface area contributed by atoms with Gasteiger partial charge in [-0.15, -0.1) is 0 Å². The molecule has 3 atom stereocenters. The van der Waals surface area contributed by atoms with E-state index >= 15 is 0 Å². The highest BCUT2D eigenvalue weighted by atomic mass is 16.5. The van der Waals surface area contributed by atoms with Crippen molar-refractivity contribution in [2.24, 2.45) is 24.6 Å². The first-order valence-electron chi connectivity index (χ1n) is 14.1. The first-order chi connectivity index (χ1) is 18.6. The number of imidazole rings is 1. The first-order valence-corrected chi connectivity index (χ1v) is 14.1. The average molecular weight is 528 g/mol. The molecular weight excluding hydrogens is 490 g/mol. The fourth-order valence-corrected chi connectivity index (χ4v) is 6.84. The maximum Gasteiger partial charge on any atom is 0.254 e. The number of carbonyl (C=O) groups excluding carboxylic acids is 1. The number of aryl methyl sites for hydroxylation is 1. The van der Waals surface area contributed by atoms with Crippen LogP contribution in [-0.4, -0.2) is 55.8 Å². The van der Waals surface area contributed by atoms with Crippen LogP contribution in [0.2, 0.25) is 0 Å². The second-order valence-corrected chi connectivity index (χ2v) is 12.4. The number of carbonyl (C=O) groups is 1. The summed E-state index contributed by atoms with van der Waals surface area (Å²) in [6, 6.07) is 12.3. The molecule has 4 aromatic rings. The number of piperidine rings is 1. The molecule has 2 saturated carbocycles. The molecule has 8 heteroatoms. The lowest BCUT2D eigenvalue weighted by atomic mass is 9.97. The molecule has 1 saturated heterocycles. The zero-order chi connectivity index (χ0) is 27.2. The molecule has 0 radical (unpaired) electrons. The van der Waals surface area contributed by atoms with Gasteiger partial charge < -0.3 is 29.6 Å². The third-order valence-electron chi connectivity index (χ3n) is 9.29. The highest BCUT2D eigenvalue weighted by molar-refractivity contribution is 6.00. The first kappa shape index (κ1) is 24.7. The van der Waals surface area contributed by atoms with E-state index < -0.39 is 5.60 Å². The average Bonchev–Trinajstić information content (AvgIpc) is 3.31. The Balaban J connectivity index is 1.35. The van der Waals surface area contributed by atoms with E-state index in [4.69, 9.17) is 15.5 Å². The summed E-state index contributed by atoms with van der Waals surface area (Å²) in [6.45, 7) is 5.28. The molecule has 2 aromatic heterocycles. The number of aromatic nitrogens is 3. The van der Waals surface area contributed by atoms with Gasteiger partial charge in [-0.25, -0.2) is 4.98 Å². The third-order valence-corrected chi connectivity index (χ3v) is 9.29. The molecule has 1 aliphatic heterocycles. The van der Waals surface area contributed by atoms with E-state index in [1.807, 2.05) is 44.0 Å². The second-order valence-electron chi connectivity index (χ2n) is 12.4. The molecule has 0 spiro atoms. The van der Waals surface area contributed by atoms with Crippen molar-refractivity contribution in [1.82, 2.24) is 19.0 Å². The van der Waals surface area contributed by atoms with Crippen LogP contribution in [0.25, 0.3) is 33.5 Å². The second kappa shape index (κ2) is 8.57. The van der Waals surface area contributed by atoms with Crippen LogP contribution in [0.5, 0.6) is 5.75 Å². The molecule has 2 unspecified atom stereocenters. The molecule has 3 heterocycles. The van der Waals surface area contributed by atoms with Gasteiger partial charge in [-0.3, -0.25) is 4.79 Å². The van der Waals surface area contributed by atoms with Gasteiger partial charge >= 0.3 is 0 Å². The molecule has 2 aromatic carbocycles. The number of likely N-dealkylation sites (tertiary alicyclic amines) is 1. The van der Waals surface area contributed by atoms with Crippen LogP contribution in [0, 0.1) is 11.8 Å². The lowest BCUT2D eigenvalue weighted by Gasteiger charge is -2.27. The van der Waals surface area contributed by atoms with Crippen LogP contribution in [0.4, 0.5) is 0 Å². The fourth-order valence-electron chi connectivity index (χ4n) is 6.84. The lowest BCUT2D eigenvalue weighted by Crippen LogP contribution is -2.41. The summed E-state index contributed by atoms with van der Waals surface area (Å²) < 4.78 is 10.2. The van der Waals surface area contributed by atoms with Gasteiger partial charge in [0.1, 0.15) is 11.3 Å². The number of rotatable bonds is 6. The molecule has 2 bridgehead atoms. The van der Waals surface area contributed by atoms with Gasteiger partial charge in [0.2, 0.25) is 0 Å². The number of aliphatic hydroxyl groups is 1. The summed E-state index contributed by atoms with van der Waals surface area (Å²) in [4.78, 5) is 20.7. The summed E-state index contributed by atoms with van der Waals surface area (Å²) in [5, 5.41) is 11.8. The maximum atomic E-state index is 13.6. The number of hydrogen-bond donors (Lipinski definition) is 2. The third kappa shape index (κ3) is 3.87. The van der Waals surface area contributed by atoms with Gasteiger partial charge in [-0.2, -0.15) is 0 Å². The molecule has 7 rings (SSSR count). The minimum Gasteiger partial charge on any atom is -0.494 e. The Kier molecular flexibility index (Phi) is 5.42. The Bertz CT molecular complexity index is 1620. The van der Waals surface area contributed by atoms with Crippen LogP contribution in [0.3, 0.4) is 0 Å². The normalized spacial score (nSPS) is 22.9. The van der Waals surface area contributed by atoms with Crippen LogP contribution in [0.1, 0.15) is 55.5 Å². The van der Waals surface area contributed by atoms with Crippen molar-refractivity contribution in [3.63, 3.8) is 0 Å². The number of methoxy groups -OCH3 is 1. The number of nitrogens with zero attached hydrogens (tertiary/aromatic N) is 4. The van der Waals surface area contributed by atoms with Gasteiger partial charge in [0.05, 0.1) is 23.9 Å². The van der Waals surface area contributed by atoms with E-state index in [9.17, 15) is 9.90 Å². The molecule has 3 N–H and O–H groups in total. The zero-order valence-electron chi connectivity index (χ0n) is 23.1. The van der Waals surface area contributed by atoms with Crippen LogP contribution in [-0.2, 0) is 19.2 Å². The Morgan fingerprint density at radius 3 is 2.59 bits per heavy atom. The standard InChI is InChI=1S/C31H37N5O3/c1-31(2,38)21-9-7-18-12-25(35(24(18)14-21)15-17-5-6-17)29-33-22-11-20(13-26(39-4)28(22)34(29)3)30(37)36-16-19-8-10-23(36)27(19)32/h7,9,11-14,17,19,23,27,38H,5-6,8,10,15-16,32H2,1-4H3/t19?,23?,27-/m1/s1. The quantitative estimate of drug-likeness (QED) is 0.387. The van der Waals surface area contributed by atoms with Crippen LogP contribution >= 0.6 is 0 Å². The van der Waals surface area contributed by atoms with Crippen molar-refractivity contribution in [3.05, 3.63) is 47.5 Å². The van der Waals surface area contributed by atoms with Crippen molar-refractivity contribution in [3.8, 4) is 17.3 Å². The smallest absolute Gasteiger partial charge is 0.254 e. The highest BCUT2D eigenvalue weighted by Gasteiger charge is 2.47. The summed E-state index contributed by atoms with van der Waals surface area (Å²) in [5.41, 5.74) is 10.7. The molecule has 204 valence electrons. The minimum atomic E-state index is -0.921. The highest BCUT2D eigenvalue weighted by Crippen LogP contribution is 2.40. The SMILES string of the molecule is COc1cc(C(=O)N2CC3CCC2[C@@H]3N)cc2nc(-c3cc4ccc(C(C)(C)O)cc4n3CC3CC3)n(C)c12. The molecule has 8 nitrogen and oxygen atoms in total. The Labute approximate surface area is 228 Å². The molecule has 3 aliphatic rings. The number of hydrogen-bond acceptors (Lipinski definition) is 5. The summed E-state index contributed by atoms with van der Waals surface area (Å²) >= 11 is 0. The molecule has 2 aliphatic carbocycles. The summed E-state index contributed by atoms with van der Waals surface area (Å²) in [6.07, 6.45) is 4.54. The van der Waals surface area contributed by atoms with E-state index in [1.165, 1.54) is 12.8 Å². The number of benzene rings is 2. The van der Waals surface area contributed by atoms with Gasteiger partial charge in [-0.1, -0.05) is 12.1 Å². The van der Waals surface area contributed by atoms with Crippen molar-refractivity contribution in [2.75, 3.05) is 13.7 Å². The Hall–Kier alpha value is -3.36. The van der Waals surface area contributed by atoms with E-state index in [1.54, 1.807) is 7.11 Å². The van der Waals surface area contributed by atoms with E-state index in [2.05, 4.69) is 27.3 Å². The topological polar surface area (TPSA) is 98.5 Å². The number of amides is 1. The predicted octanol–water partition coefficient (Wildman–Crippen LogP) is 4.40. The monoisotopic (exact) mass is 527 g/mol. The van der Waals surface area contributed by atoms with Crippen LogP contribution in [0.15, 0.2) is 36.4 Å². The van der Waals surface area contributed by atoms with Gasteiger partial charge in [0, 0.05) is 48.7 Å². The maximum absolute atomic E-state index is 13.6. The van der Waals surface area contributed by atoms with Crippen molar-refractivity contribution in [2.45, 2.75) is 63.8 Å². The van der Waals surface area contributed by atoms with E-state index in [0.717, 1.165) is 64.9 Å². The Morgan fingerprint density at radius 2 is 1.95 bits per heavy atom.